The van der Waals surface area contributed by atoms with Crippen molar-refractivity contribution in [1.29, 1.82) is 0 Å². The third-order valence-electron chi connectivity index (χ3n) is 1.75. The first-order valence-electron chi connectivity index (χ1n) is 3.95. The highest BCUT2D eigenvalue weighted by atomic mass is 27.1. The summed E-state index contributed by atoms with van der Waals surface area (Å²) in [4.78, 5) is 10.5. The van der Waals surface area contributed by atoms with Crippen LogP contribution in [-0.4, -0.2) is 26.3 Å². The molecule has 0 saturated carbocycles. The molecule has 10 heavy (non-hydrogen) atoms. The average Bonchev–Trinajstić information content (AvgIpc) is 1.89. The molecule has 0 aromatic heterocycles. The van der Waals surface area contributed by atoms with E-state index in [0.717, 1.165) is 19.3 Å². The van der Waals surface area contributed by atoms with Gasteiger partial charge in [0.2, 0.25) is 0 Å². The second-order valence-corrected chi connectivity index (χ2v) is 4.39. The van der Waals surface area contributed by atoms with Gasteiger partial charge < -0.3 is 5.11 Å². The minimum Gasteiger partial charge on any atom is -0.482 e. The lowest BCUT2D eigenvalue weighted by atomic mass is 10.2. The maximum atomic E-state index is 10.5. The summed E-state index contributed by atoms with van der Waals surface area (Å²) in [7, 11) is 0. The first-order valence-corrected chi connectivity index (χ1v) is 6.18. The van der Waals surface area contributed by atoms with Crippen LogP contribution in [0, 0.1) is 0 Å². The van der Waals surface area contributed by atoms with E-state index in [1.165, 1.54) is 0 Å². The number of carbonyl (C=O) groups is 1. The van der Waals surface area contributed by atoms with E-state index in [9.17, 15) is 4.79 Å². The fraction of sp³-hybridized carbons (Fsp3) is 0.857. The van der Waals surface area contributed by atoms with Gasteiger partial charge in [0.15, 0.2) is 0 Å². The Morgan fingerprint density at radius 3 is 2.60 bits per heavy atom. The molecule has 1 N–H and O–H groups in total. The third kappa shape index (κ3) is 3.92. The van der Waals surface area contributed by atoms with Crippen molar-refractivity contribution >= 4 is 21.2 Å². The molecule has 1 atom stereocenters. The van der Waals surface area contributed by atoms with Gasteiger partial charge in [-0.15, -0.1) is 5.79 Å². The van der Waals surface area contributed by atoms with E-state index < -0.39 is 5.97 Å². The Kier molecular flexibility index (Phi) is 5.76. The van der Waals surface area contributed by atoms with Gasteiger partial charge in [-0.05, 0) is 0 Å². The molecule has 0 spiro atoms. The summed E-state index contributed by atoms with van der Waals surface area (Å²) in [5, 5.41) is 8.63. The van der Waals surface area contributed by atoms with E-state index >= 15 is 0 Å². The van der Waals surface area contributed by atoms with Gasteiger partial charge in [-0.3, -0.25) is 4.79 Å². The van der Waals surface area contributed by atoms with Crippen molar-refractivity contribution in [1.82, 2.24) is 0 Å². The Hall–Kier alpha value is 0.00247. The Morgan fingerprint density at radius 1 is 1.70 bits per heavy atom. The molecule has 0 aliphatic heterocycles. The van der Waals surface area contributed by atoms with E-state index in [0.29, 0.717) is 0 Å². The number of aliphatic carboxylic acids is 1. The zero-order chi connectivity index (χ0) is 7.98. The number of hydrogen-bond donors (Lipinski definition) is 1. The molecule has 0 amide bonds. The molecule has 0 aromatic rings. The number of rotatable bonds is 5. The van der Waals surface area contributed by atoms with E-state index in [2.05, 4.69) is 12.7 Å². The number of carboxylic acid groups (broad SMARTS) is 1. The highest BCUT2D eigenvalue weighted by Gasteiger charge is 2.14. The topological polar surface area (TPSA) is 37.3 Å². The van der Waals surface area contributed by atoms with Crippen LogP contribution in [0.4, 0.5) is 0 Å². The molecule has 3 heteroatoms. The minimum absolute atomic E-state index is 0.0277. The molecule has 0 heterocycles. The van der Waals surface area contributed by atoms with Crippen molar-refractivity contribution in [2.24, 2.45) is 0 Å². The van der Waals surface area contributed by atoms with Gasteiger partial charge in [-0.1, -0.05) is 26.2 Å². The molecule has 0 radical (unpaired) electrons. The second kappa shape index (κ2) is 5.76. The van der Waals surface area contributed by atoms with Crippen molar-refractivity contribution in [3.8, 4) is 0 Å². The largest absolute Gasteiger partial charge is 0.482 e. The van der Waals surface area contributed by atoms with Crippen LogP contribution in [0.1, 0.15) is 26.2 Å². The van der Waals surface area contributed by atoms with Gasteiger partial charge in [-0.2, -0.15) is 0 Å². The van der Waals surface area contributed by atoms with Crippen molar-refractivity contribution < 1.29 is 9.90 Å². The summed E-state index contributed by atoms with van der Waals surface area (Å²) in [6, 6.07) is 0. The van der Waals surface area contributed by atoms with Gasteiger partial charge in [-0.25, -0.2) is 0 Å². The lowest BCUT2D eigenvalue weighted by molar-refractivity contribution is -0.137. The van der Waals surface area contributed by atoms with Crippen LogP contribution >= 0.6 is 0 Å². The van der Waals surface area contributed by atoms with E-state index in [1.54, 1.807) is 0 Å². The van der Waals surface area contributed by atoms with Crippen molar-refractivity contribution in [3.63, 3.8) is 0 Å². The highest BCUT2D eigenvalue weighted by molar-refractivity contribution is 6.41. The molecular weight excluding hydrogens is 143 g/mol. The predicted octanol–water partition coefficient (Wildman–Crippen LogP) is 1.53. The minimum atomic E-state index is -0.581. The maximum absolute atomic E-state index is 10.5. The molecule has 0 aliphatic rings. The first-order chi connectivity index (χ1) is 4.72. The number of hydrogen-bond acceptors (Lipinski definition) is 1. The maximum Gasteiger partial charge on any atom is 0.292 e. The third-order valence-corrected chi connectivity index (χ3v) is 3.49. The molecule has 0 rings (SSSR count). The van der Waals surface area contributed by atoms with Crippen LogP contribution < -0.4 is 0 Å². The summed E-state index contributed by atoms with van der Waals surface area (Å²) in [6.45, 7) is 2.09. The van der Waals surface area contributed by atoms with Crippen LogP contribution in [0.25, 0.3) is 0 Å². The molecule has 2 nitrogen and oxygen atoms in total. The number of unbranched alkanes of at least 4 members (excludes halogenated alkanes) is 1. The standard InChI is InChI=1S/C6H11O2.CH3.Al.H/c1-2-3-4-5-6(7)8;;;/h5H,2-4H2,1H3,(H,7,8);1H3;;. The van der Waals surface area contributed by atoms with Crippen molar-refractivity contribution in [2.45, 2.75) is 36.8 Å². The number of carboxylic acids is 1. The van der Waals surface area contributed by atoms with Crippen molar-refractivity contribution in [2.75, 3.05) is 0 Å². The Labute approximate surface area is 68.3 Å². The van der Waals surface area contributed by atoms with Crippen LogP contribution in [0.15, 0.2) is 0 Å². The summed E-state index contributed by atoms with van der Waals surface area (Å²) in [5.41, 5.74) is 0. The Bertz CT molecular complexity index is 104. The highest BCUT2D eigenvalue weighted by Crippen LogP contribution is 2.12. The second-order valence-electron chi connectivity index (χ2n) is 2.59. The molecule has 0 fully saturated rings. The molecular formula is C7H15AlO2. The summed E-state index contributed by atoms with van der Waals surface area (Å²) in [6.07, 6.45) is 3.07. The summed E-state index contributed by atoms with van der Waals surface area (Å²) in [5.74, 6) is 1.48. The van der Waals surface area contributed by atoms with E-state index in [1.807, 2.05) is 0 Å². The predicted molar refractivity (Wildman–Crippen MR) is 43.9 cm³/mol. The fourth-order valence-electron chi connectivity index (χ4n) is 0.953. The molecule has 58 valence electrons. The SMILES string of the molecule is CCCC[CH]([AlH][CH3])C(=O)O. The smallest absolute Gasteiger partial charge is 0.292 e. The monoisotopic (exact) mass is 158 g/mol. The zero-order valence-electron chi connectivity index (χ0n) is 6.76. The van der Waals surface area contributed by atoms with Gasteiger partial charge in [0, 0.05) is 4.78 Å². The van der Waals surface area contributed by atoms with E-state index in [-0.39, 0.29) is 20.0 Å². The molecule has 0 aromatic carbocycles. The van der Waals surface area contributed by atoms with Crippen LogP contribution in [0.5, 0.6) is 0 Å². The van der Waals surface area contributed by atoms with Crippen molar-refractivity contribution in [3.05, 3.63) is 0 Å². The zero-order valence-corrected chi connectivity index (χ0v) is 8.18. The van der Waals surface area contributed by atoms with Crippen LogP contribution in [0.2, 0.25) is 10.6 Å². The first kappa shape index (κ1) is 10.0. The van der Waals surface area contributed by atoms with Gasteiger partial charge in [0.25, 0.3) is 21.2 Å². The van der Waals surface area contributed by atoms with Gasteiger partial charge in [0.05, 0.1) is 0 Å². The fourth-order valence-corrected chi connectivity index (χ4v) is 2.00. The molecule has 0 bridgehead atoms. The lowest BCUT2D eigenvalue weighted by Crippen LogP contribution is -2.11. The van der Waals surface area contributed by atoms with Crippen LogP contribution in [-0.2, 0) is 4.79 Å². The Balaban J connectivity index is 3.50. The lowest BCUT2D eigenvalue weighted by Gasteiger charge is -2.05. The molecule has 0 aliphatic carbocycles. The van der Waals surface area contributed by atoms with Crippen LogP contribution in [0.3, 0.4) is 0 Å². The molecule has 1 unspecified atom stereocenters. The summed E-state index contributed by atoms with van der Waals surface area (Å²) >= 11 is -0.339. The normalized spacial score (nSPS) is 12.6. The van der Waals surface area contributed by atoms with Gasteiger partial charge in [0.1, 0.15) is 0 Å². The quantitative estimate of drug-likeness (QED) is 0.616. The van der Waals surface area contributed by atoms with E-state index in [4.69, 9.17) is 5.11 Å². The van der Waals surface area contributed by atoms with Gasteiger partial charge >= 0.3 is 0 Å². The average molecular weight is 158 g/mol. The Morgan fingerprint density at radius 2 is 2.30 bits per heavy atom. The summed E-state index contributed by atoms with van der Waals surface area (Å²) < 4.78 is 0.0277. The molecule has 0 saturated heterocycles.